The molecule has 0 saturated carbocycles. The summed E-state index contributed by atoms with van der Waals surface area (Å²) in [4.78, 5) is 3.89. The van der Waals surface area contributed by atoms with Gasteiger partial charge in [-0.05, 0) is 36.2 Å². The van der Waals surface area contributed by atoms with Gasteiger partial charge < -0.3 is 0 Å². The predicted octanol–water partition coefficient (Wildman–Crippen LogP) is 2.11. The summed E-state index contributed by atoms with van der Waals surface area (Å²) in [5.74, 6) is 4.31. The van der Waals surface area contributed by atoms with E-state index >= 15 is 0 Å². The summed E-state index contributed by atoms with van der Waals surface area (Å²) in [5.41, 5.74) is 3.41. The normalized spacial score (nSPS) is 12.4. The largest absolute Gasteiger partial charge is 0.271 e. The van der Waals surface area contributed by atoms with Crippen molar-refractivity contribution in [1.29, 1.82) is 0 Å². The van der Waals surface area contributed by atoms with Gasteiger partial charge in [0.05, 0.1) is 6.04 Å². The average Bonchev–Trinajstić information content (AvgIpc) is 2.40. The second-order valence-corrected chi connectivity index (χ2v) is 3.90. The average molecular weight is 249 g/mol. The minimum absolute atomic E-state index is 0.0252. The number of nitrogens with one attached hydrogen (secondary N) is 1. The molecular formula is C13H13F2N3. The first kappa shape index (κ1) is 12.6. The van der Waals surface area contributed by atoms with Crippen LogP contribution in [-0.4, -0.2) is 4.98 Å². The van der Waals surface area contributed by atoms with Gasteiger partial charge in [0.2, 0.25) is 0 Å². The summed E-state index contributed by atoms with van der Waals surface area (Å²) in [7, 11) is 0. The number of hydrazine groups is 1. The standard InChI is InChI=1S/C13H13F2N3/c14-11-2-1-3-12(15)10(11)8-13(18-16)9-4-6-17-7-5-9/h1-7,13,18H,8,16H2. The summed E-state index contributed by atoms with van der Waals surface area (Å²) in [5, 5.41) is 0. The van der Waals surface area contributed by atoms with Crippen molar-refractivity contribution in [2.75, 3.05) is 0 Å². The van der Waals surface area contributed by atoms with Crippen LogP contribution in [0.1, 0.15) is 17.2 Å². The van der Waals surface area contributed by atoms with Gasteiger partial charge in [0.1, 0.15) is 11.6 Å². The first-order chi connectivity index (χ1) is 8.72. The zero-order valence-electron chi connectivity index (χ0n) is 9.61. The zero-order valence-corrected chi connectivity index (χ0v) is 9.61. The molecule has 0 bridgehead atoms. The Hall–Kier alpha value is -1.85. The topological polar surface area (TPSA) is 50.9 Å². The lowest BCUT2D eigenvalue weighted by molar-refractivity contribution is 0.499. The van der Waals surface area contributed by atoms with Gasteiger partial charge in [-0.2, -0.15) is 0 Å². The molecule has 1 aromatic carbocycles. The molecule has 1 unspecified atom stereocenters. The Bertz CT molecular complexity index is 497. The SMILES string of the molecule is NNC(Cc1c(F)cccc1F)c1ccncc1. The minimum atomic E-state index is -0.565. The highest BCUT2D eigenvalue weighted by atomic mass is 19.1. The van der Waals surface area contributed by atoms with Gasteiger partial charge in [0.25, 0.3) is 0 Å². The third-order valence-electron chi connectivity index (χ3n) is 2.78. The first-order valence-electron chi connectivity index (χ1n) is 5.51. The van der Waals surface area contributed by atoms with Crippen LogP contribution in [0.25, 0.3) is 0 Å². The minimum Gasteiger partial charge on any atom is -0.271 e. The second kappa shape index (κ2) is 5.66. The van der Waals surface area contributed by atoms with Crippen LogP contribution in [0.2, 0.25) is 0 Å². The molecule has 0 spiro atoms. The van der Waals surface area contributed by atoms with E-state index in [4.69, 9.17) is 5.84 Å². The maximum atomic E-state index is 13.5. The van der Waals surface area contributed by atoms with Crippen molar-refractivity contribution in [2.24, 2.45) is 5.84 Å². The summed E-state index contributed by atoms with van der Waals surface area (Å²) < 4.78 is 27.1. The maximum absolute atomic E-state index is 13.5. The Morgan fingerprint density at radius 1 is 1.11 bits per heavy atom. The monoisotopic (exact) mass is 249 g/mol. The molecular weight excluding hydrogens is 236 g/mol. The Kier molecular flexibility index (Phi) is 3.96. The lowest BCUT2D eigenvalue weighted by atomic mass is 9.99. The molecule has 3 nitrogen and oxygen atoms in total. The molecule has 2 rings (SSSR count). The quantitative estimate of drug-likeness (QED) is 0.644. The van der Waals surface area contributed by atoms with Crippen molar-refractivity contribution in [3.63, 3.8) is 0 Å². The van der Waals surface area contributed by atoms with E-state index in [1.165, 1.54) is 18.2 Å². The number of hydrogen-bond donors (Lipinski definition) is 2. The first-order valence-corrected chi connectivity index (χ1v) is 5.51. The third kappa shape index (κ3) is 2.69. The van der Waals surface area contributed by atoms with Gasteiger partial charge in [-0.25, -0.2) is 8.78 Å². The van der Waals surface area contributed by atoms with E-state index in [0.717, 1.165) is 5.56 Å². The molecule has 0 fully saturated rings. The molecule has 0 saturated heterocycles. The van der Waals surface area contributed by atoms with Crippen LogP contribution in [0, 0.1) is 11.6 Å². The molecule has 18 heavy (non-hydrogen) atoms. The molecule has 1 aromatic heterocycles. The lowest BCUT2D eigenvalue weighted by Crippen LogP contribution is -2.30. The molecule has 0 radical (unpaired) electrons. The number of pyridine rings is 1. The highest BCUT2D eigenvalue weighted by Gasteiger charge is 2.16. The molecule has 0 amide bonds. The number of rotatable bonds is 4. The smallest absolute Gasteiger partial charge is 0.129 e. The summed E-state index contributed by atoms with van der Waals surface area (Å²) >= 11 is 0. The molecule has 2 aromatic rings. The van der Waals surface area contributed by atoms with E-state index in [1.54, 1.807) is 24.5 Å². The Morgan fingerprint density at radius 2 is 1.72 bits per heavy atom. The maximum Gasteiger partial charge on any atom is 0.129 e. The van der Waals surface area contributed by atoms with E-state index < -0.39 is 11.6 Å². The molecule has 0 aliphatic carbocycles. The van der Waals surface area contributed by atoms with Gasteiger partial charge in [-0.3, -0.25) is 16.3 Å². The van der Waals surface area contributed by atoms with Crippen LogP contribution in [0.5, 0.6) is 0 Å². The Morgan fingerprint density at radius 3 is 2.28 bits per heavy atom. The van der Waals surface area contributed by atoms with Crippen molar-refractivity contribution >= 4 is 0 Å². The third-order valence-corrected chi connectivity index (χ3v) is 2.78. The predicted molar refractivity (Wildman–Crippen MR) is 64.4 cm³/mol. The molecule has 1 atom stereocenters. The van der Waals surface area contributed by atoms with Crippen molar-refractivity contribution in [1.82, 2.24) is 10.4 Å². The second-order valence-electron chi connectivity index (χ2n) is 3.90. The molecule has 1 heterocycles. The van der Waals surface area contributed by atoms with Gasteiger partial charge in [-0.1, -0.05) is 6.07 Å². The van der Waals surface area contributed by atoms with Crippen LogP contribution < -0.4 is 11.3 Å². The Labute approximate surface area is 104 Å². The fraction of sp³-hybridized carbons (Fsp3) is 0.154. The van der Waals surface area contributed by atoms with Crippen LogP contribution >= 0.6 is 0 Å². The summed E-state index contributed by atoms with van der Waals surface area (Å²) in [6.07, 6.45) is 3.35. The van der Waals surface area contributed by atoms with Gasteiger partial charge in [0.15, 0.2) is 0 Å². The molecule has 0 aliphatic rings. The fourth-order valence-corrected chi connectivity index (χ4v) is 1.80. The number of nitrogens with two attached hydrogens (primary N) is 1. The van der Waals surface area contributed by atoms with E-state index in [9.17, 15) is 8.78 Å². The summed E-state index contributed by atoms with van der Waals surface area (Å²) in [6.45, 7) is 0. The number of hydrogen-bond acceptors (Lipinski definition) is 3. The van der Waals surface area contributed by atoms with Crippen LogP contribution in [0.4, 0.5) is 8.78 Å². The number of benzene rings is 1. The Balaban J connectivity index is 2.26. The van der Waals surface area contributed by atoms with Crippen molar-refractivity contribution < 1.29 is 8.78 Å². The zero-order chi connectivity index (χ0) is 13.0. The number of aromatic nitrogens is 1. The van der Waals surface area contributed by atoms with Gasteiger partial charge in [0, 0.05) is 18.0 Å². The van der Waals surface area contributed by atoms with Crippen LogP contribution in [0.15, 0.2) is 42.7 Å². The van der Waals surface area contributed by atoms with Gasteiger partial charge >= 0.3 is 0 Å². The fourth-order valence-electron chi connectivity index (χ4n) is 1.80. The van der Waals surface area contributed by atoms with Crippen molar-refractivity contribution in [3.8, 4) is 0 Å². The molecule has 0 aliphatic heterocycles. The number of nitrogens with zero attached hydrogens (tertiary/aromatic N) is 1. The summed E-state index contributed by atoms with van der Waals surface area (Å²) in [6, 6.07) is 6.95. The van der Waals surface area contributed by atoms with E-state index in [0.29, 0.717) is 0 Å². The van der Waals surface area contributed by atoms with Crippen molar-refractivity contribution in [3.05, 3.63) is 65.5 Å². The molecule has 3 N–H and O–H groups in total. The van der Waals surface area contributed by atoms with Gasteiger partial charge in [-0.15, -0.1) is 0 Å². The molecule has 94 valence electrons. The number of halogens is 2. The molecule has 5 heteroatoms. The highest BCUT2D eigenvalue weighted by molar-refractivity contribution is 5.24. The lowest BCUT2D eigenvalue weighted by Gasteiger charge is -2.16. The highest BCUT2D eigenvalue weighted by Crippen LogP contribution is 2.21. The van der Waals surface area contributed by atoms with E-state index in [2.05, 4.69) is 10.4 Å². The van der Waals surface area contributed by atoms with Crippen LogP contribution in [-0.2, 0) is 6.42 Å². The van der Waals surface area contributed by atoms with Crippen LogP contribution in [0.3, 0.4) is 0 Å². The van der Waals surface area contributed by atoms with E-state index in [1.807, 2.05) is 0 Å². The van der Waals surface area contributed by atoms with Crippen molar-refractivity contribution in [2.45, 2.75) is 12.5 Å². The van der Waals surface area contributed by atoms with E-state index in [-0.39, 0.29) is 18.0 Å².